The van der Waals surface area contributed by atoms with Crippen molar-refractivity contribution in [1.82, 2.24) is 4.90 Å². The van der Waals surface area contributed by atoms with Crippen LogP contribution in [0.1, 0.15) is 17.0 Å². The van der Waals surface area contributed by atoms with Gasteiger partial charge in [0.05, 0.1) is 0 Å². The summed E-state index contributed by atoms with van der Waals surface area (Å²) in [5.41, 5.74) is 15.5. The smallest absolute Gasteiger partial charge is 0.422 e. The Morgan fingerprint density at radius 3 is 1.88 bits per heavy atom. The minimum absolute atomic E-state index is 0.0547. The van der Waals surface area contributed by atoms with Crippen LogP contribution in [-0.4, -0.2) is 27.8 Å². The number of thiocarbonyl (C=S) groups is 2. The highest BCUT2D eigenvalue weighted by Crippen LogP contribution is 2.44. The van der Waals surface area contributed by atoms with Gasteiger partial charge in [0.1, 0.15) is 6.61 Å². The summed E-state index contributed by atoms with van der Waals surface area (Å²) in [5.74, 6) is -0.0547. The van der Waals surface area contributed by atoms with E-state index >= 15 is 0 Å². The van der Waals surface area contributed by atoms with Gasteiger partial charge in [-0.05, 0) is 46.7 Å². The molecule has 2 aromatic carbocycles. The molecule has 122 valence electrons. The van der Waals surface area contributed by atoms with Crippen LogP contribution in [0.25, 0.3) is 11.1 Å². The van der Waals surface area contributed by atoms with Crippen molar-refractivity contribution < 1.29 is 9.53 Å². The summed E-state index contributed by atoms with van der Waals surface area (Å²) in [5, 5.41) is -0.473. The number of carbonyl (C=O) groups is 1. The lowest BCUT2D eigenvalue weighted by Crippen LogP contribution is -2.47. The Hall–Kier alpha value is -2.51. The van der Waals surface area contributed by atoms with E-state index in [-0.39, 0.29) is 22.7 Å². The van der Waals surface area contributed by atoms with Crippen molar-refractivity contribution in [3.05, 3.63) is 59.7 Å². The number of nitrogens with zero attached hydrogens (tertiary/aromatic N) is 1. The molecule has 24 heavy (non-hydrogen) atoms. The molecule has 5 nitrogen and oxygen atoms in total. The topological polar surface area (TPSA) is 81.6 Å². The average Bonchev–Trinajstić information content (AvgIpc) is 2.86. The van der Waals surface area contributed by atoms with E-state index < -0.39 is 6.09 Å². The lowest BCUT2D eigenvalue weighted by Gasteiger charge is -2.20. The van der Waals surface area contributed by atoms with Gasteiger partial charge in [-0.25, -0.2) is 4.79 Å². The molecule has 1 aliphatic rings. The highest BCUT2D eigenvalue weighted by Gasteiger charge is 2.30. The van der Waals surface area contributed by atoms with Crippen LogP contribution in [0.2, 0.25) is 0 Å². The van der Waals surface area contributed by atoms with Crippen LogP contribution >= 0.6 is 24.4 Å². The van der Waals surface area contributed by atoms with E-state index in [4.69, 9.17) is 40.6 Å². The summed E-state index contributed by atoms with van der Waals surface area (Å²) in [6.07, 6.45) is -0.767. The van der Waals surface area contributed by atoms with Crippen LogP contribution < -0.4 is 11.5 Å². The number of hydrogen-bond acceptors (Lipinski definition) is 4. The fourth-order valence-electron chi connectivity index (χ4n) is 2.95. The lowest BCUT2D eigenvalue weighted by molar-refractivity contribution is 0.132. The highest BCUT2D eigenvalue weighted by atomic mass is 32.1. The zero-order valence-electron chi connectivity index (χ0n) is 12.6. The summed E-state index contributed by atoms with van der Waals surface area (Å²) in [6, 6.07) is 16.1. The van der Waals surface area contributed by atoms with E-state index in [1.54, 1.807) is 0 Å². The Kier molecular flexibility index (Phi) is 4.46. The number of hydrogen-bond donors (Lipinski definition) is 2. The molecule has 0 aliphatic heterocycles. The molecule has 0 spiro atoms. The van der Waals surface area contributed by atoms with Crippen molar-refractivity contribution >= 4 is 40.8 Å². The zero-order chi connectivity index (χ0) is 17.3. The molecule has 0 atom stereocenters. The third-order valence-corrected chi connectivity index (χ3v) is 4.32. The van der Waals surface area contributed by atoms with Gasteiger partial charge in [-0.3, -0.25) is 0 Å². The molecule has 7 heteroatoms. The first-order valence-corrected chi connectivity index (χ1v) is 8.06. The van der Waals surface area contributed by atoms with Crippen LogP contribution in [0.3, 0.4) is 0 Å². The van der Waals surface area contributed by atoms with Gasteiger partial charge < -0.3 is 16.2 Å². The van der Waals surface area contributed by atoms with Gasteiger partial charge in [0.25, 0.3) is 0 Å². The van der Waals surface area contributed by atoms with Gasteiger partial charge in [-0.15, -0.1) is 0 Å². The molecule has 1 aliphatic carbocycles. The van der Waals surface area contributed by atoms with Crippen molar-refractivity contribution in [1.29, 1.82) is 0 Å². The summed E-state index contributed by atoms with van der Waals surface area (Å²) < 4.78 is 5.38. The van der Waals surface area contributed by atoms with Gasteiger partial charge in [0, 0.05) is 5.92 Å². The predicted octanol–water partition coefficient (Wildman–Crippen LogP) is 2.72. The number of benzene rings is 2. The third-order valence-electron chi connectivity index (χ3n) is 3.96. The average molecular weight is 357 g/mol. The number of nitrogens with two attached hydrogens (primary N) is 2. The normalized spacial score (nSPS) is 12.2. The van der Waals surface area contributed by atoms with Gasteiger partial charge in [-0.1, -0.05) is 48.5 Å². The van der Waals surface area contributed by atoms with E-state index in [0.717, 1.165) is 27.2 Å². The summed E-state index contributed by atoms with van der Waals surface area (Å²) in [6.45, 7) is 0.147. The fraction of sp³-hybridized carbons (Fsp3) is 0.118. The molecular formula is C17H15N3O2S2. The second kappa shape index (κ2) is 6.54. The standard InChI is InChI=1S/C17H15N3O2S2/c18-15(23)20(16(19)24)17(21)22-9-14-12-7-3-1-5-10(12)11-6-2-4-8-13(11)14/h1-8,14H,9H2,(H2,18,23)(H2,19,24). The lowest BCUT2D eigenvalue weighted by atomic mass is 9.98. The molecule has 4 N–H and O–H groups in total. The Bertz CT molecular complexity index is 779. The van der Waals surface area contributed by atoms with Gasteiger partial charge in [-0.2, -0.15) is 4.90 Å². The first-order chi connectivity index (χ1) is 11.5. The van der Waals surface area contributed by atoms with Crippen LogP contribution in [-0.2, 0) is 4.74 Å². The first kappa shape index (κ1) is 16.4. The Morgan fingerprint density at radius 2 is 1.42 bits per heavy atom. The van der Waals surface area contributed by atoms with Gasteiger partial charge in [0.2, 0.25) is 0 Å². The summed E-state index contributed by atoms with van der Waals surface area (Å²) >= 11 is 9.56. The summed E-state index contributed by atoms with van der Waals surface area (Å²) in [7, 11) is 0. The molecule has 0 unspecified atom stereocenters. The first-order valence-electron chi connectivity index (χ1n) is 7.24. The Morgan fingerprint density at radius 1 is 0.958 bits per heavy atom. The van der Waals surface area contributed by atoms with E-state index in [1.165, 1.54) is 0 Å². The minimum atomic E-state index is -0.767. The number of ether oxygens (including phenoxy) is 1. The number of fused-ring (bicyclic) bond motifs is 3. The second-order valence-corrected chi connectivity index (χ2v) is 6.15. The molecule has 0 heterocycles. The highest BCUT2D eigenvalue weighted by molar-refractivity contribution is 7.81. The Labute approximate surface area is 150 Å². The van der Waals surface area contributed by atoms with Gasteiger partial charge in [0.15, 0.2) is 10.2 Å². The number of carbonyl (C=O) groups excluding carboxylic acids is 1. The van der Waals surface area contributed by atoms with Crippen molar-refractivity contribution in [2.24, 2.45) is 11.5 Å². The quantitative estimate of drug-likeness (QED) is 0.805. The van der Waals surface area contributed by atoms with Crippen LogP contribution in [0, 0.1) is 0 Å². The van der Waals surface area contributed by atoms with Crippen molar-refractivity contribution in [3.8, 4) is 11.1 Å². The molecule has 0 saturated heterocycles. The molecule has 0 saturated carbocycles. The van der Waals surface area contributed by atoms with E-state index in [2.05, 4.69) is 12.1 Å². The number of amides is 1. The van der Waals surface area contributed by atoms with Crippen LogP contribution in [0.4, 0.5) is 4.79 Å². The minimum Gasteiger partial charge on any atom is -0.448 e. The van der Waals surface area contributed by atoms with Crippen LogP contribution in [0.5, 0.6) is 0 Å². The maximum Gasteiger partial charge on any atom is 0.422 e. The maximum atomic E-state index is 12.2. The largest absolute Gasteiger partial charge is 0.448 e. The maximum absolute atomic E-state index is 12.2. The third kappa shape index (κ3) is 2.83. The van der Waals surface area contributed by atoms with Crippen molar-refractivity contribution in [2.75, 3.05) is 6.61 Å². The zero-order valence-corrected chi connectivity index (χ0v) is 14.3. The molecule has 0 radical (unpaired) electrons. The monoisotopic (exact) mass is 357 g/mol. The molecule has 2 aromatic rings. The predicted molar refractivity (Wildman–Crippen MR) is 100 cm³/mol. The molecule has 3 rings (SSSR count). The second-order valence-electron chi connectivity index (χ2n) is 5.32. The van der Waals surface area contributed by atoms with Crippen LogP contribution in [0.15, 0.2) is 48.5 Å². The number of rotatable bonds is 2. The van der Waals surface area contributed by atoms with E-state index in [1.807, 2.05) is 36.4 Å². The molecule has 0 bridgehead atoms. The fourth-order valence-corrected chi connectivity index (χ4v) is 3.35. The molecule has 1 amide bonds. The van der Waals surface area contributed by atoms with Crippen molar-refractivity contribution in [3.63, 3.8) is 0 Å². The SMILES string of the molecule is NC(=S)N(C(=O)OCC1c2ccccc2-c2ccccc21)C(N)=S. The van der Waals surface area contributed by atoms with Gasteiger partial charge >= 0.3 is 6.09 Å². The van der Waals surface area contributed by atoms with E-state index in [9.17, 15) is 4.79 Å². The van der Waals surface area contributed by atoms with E-state index in [0.29, 0.717) is 0 Å². The summed E-state index contributed by atoms with van der Waals surface area (Å²) in [4.78, 5) is 13.0. The molecule has 0 aromatic heterocycles. The molecule has 0 fully saturated rings. The van der Waals surface area contributed by atoms with Crippen molar-refractivity contribution in [2.45, 2.75) is 5.92 Å². The Balaban J connectivity index is 1.85. The molecular weight excluding hydrogens is 342 g/mol.